The summed E-state index contributed by atoms with van der Waals surface area (Å²) >= 11 is 0. The van der Waals surface area contributed by atoms with Gasteiger partial charge in [-0.25, -0.2) is 13.2 Å². The van der Waals surface area contributed by atoms with Gasteiger partial charge in [0.2, 0.25) is 9.84 Å². The largest absolute Gasteiger partial charge is 0.486 e. The summed E-state index contributed by atoms with van der Waals surface area (Å²) < 4.78 is 36.7. The van der Waals surface area contributed by atoms with E-state index in [4.69, 9.17) is 9.47 Å². The Morgan fingerprint density at radius 2 is 1.70 bits per heavy atom. The zero-order chi connectivity index (χ0) is 21.0. The molecule has 0 radical (unpaired) electrons. The highest BCUT2D eigenvalue weighted by Gasteiger charge is 2.21. The second kappa shape index (κ2) is 8.42. The first-order valence-corrected chi connectivity index (χ1v) is 10.7. The maximum Gasteiger partial charge on any atom is 0.319 e. The lowest BCUT2D eigenvalue weighted by atomic mass is 10.3. The number of fused-ring (bicyclic) bond motifs is 1. The summed E-state index contributed by atoms with van der Waals surface area (Å²) in [4.78, 5) is 16.2. The third-order valence-corrected chi connectivity index (χ3v) is 6.19. The number of carbonyl (C=O) groups is 1. The predicted molar refractivity (Wildman–Crippen MR) is 109 cm³/mol. The molecular formula is C21H19N3O5S. The molecule has 154 valence electrons. The highest BCUT2D eigenvalue weighted by molar-refractivity contribution is 7.91. The van der Waals surface area contributed by atoms with E-state index in [2.05, 4.69) is 15.6 Å². The van der Waals surface area contributed by atoms with Crippen molar-refractivity contribution in [3.05, 3.63) is 72.6 Å². The van der Waals surface area contributed by atoms with Crippen LogP contribution in [0.1, 0.15) is 5.56 Å². The van der Waals surface area contributed by atoms with Crippen molar-refractivity contribution in [2.45, 2.75) is 16.3 Å². The number of amides is 2. The molecule has 1 aliphatic heterocycles. The molecule has 0 unspecified atom stereocenters. The Morgan fingerprint density at radius 1 is 0.967 bits per heavy atom. The Bertz CT molecular complexity index is 1150. The Hall–Kier alpha value is -3.59. The molecule has 0 fully saturated rings. The molecule has 0 aliphatic carbocycles. The zero-order valence-electron chi connectivity index (χ0n) is 15.9. The molecule has 2 heterocycles. The van der Waals surface area contributed by atoms with Gasteiger partial charge in [0.15, 0.2) is 11.5 Å². The minimum Gasteiger partial charge on any atom is -0.486 e. The van der Waals surface area contributed by atoms with Gasteiger partial charge < -0.3 is 20.1 Å². The van der Waals surface area contributed by atoms with E-state index in [9.17, 15) is 13.2 Å². The van der Waals surface area contributed by atoms with Crippen LogP contribution in [0, 0.1) is 0 Å². The average molecular weight is 425 g/mol. The second-order valence-corrected chi connectivity index (χ2v) is 8.45. The molecule has 8 nitrogen and oxygen atoms in total. The van der Waals surface area contributed by atoms with Crippen molar-refractivity contribution in [3.8, 4) is 11.5 Å². The number of pyridine rings is 1. The molecule has 2 aromatic carbocycles. The van der Waals surface area contributed by atoms with Crippen molar-refractivity contribution >= 4 is 21.6 Å². The molecule has 0 bridgehead atoms. The van der Waals surface area contributed by atoms with Crippen molar-refractivity contribution < 1.29 is 22.7 Å². The molecule has 2 N–H and O–H groups in total. The van der Waals surface area contributed by atoms with E-state index in [0.717, 1.165) is 5.56 Å². The van der Waals surface area contributed by atoms with Crippen LogP contribution in [0.15, 0.2) is 76.8 Å². The third-order valence-electron chi connectivity index (χ3n) is 4.42. The Balaban J connectivity index is 1.43. The summed E-state index contributed by atoms with van der Waals surface area (Å²) in [6, 6.07) is 13.7. The van der Waals surface area contributed by atoms with Gasteiger partial charge in [0, 0.05) is 30.7 Å². The lowest BCUT2D eigenvalue weighted by Crippen LogP contribution is -2.28. The van der Waals surface area contributed by atoms with E-state index < -0.39 is 15.9 Å². The third kappa shape index (κ3) is 4.36. The van der Waals surface area contributed by atoms with E-state index in [-0.39, 0.29) is 9.79 Å². The second-order valence-electron chi connectivity index (χ2n) is 6.50. The number of nitrogens with one attached hydrogen (secondary N) is 2. The molecule has 2 amide bonds. The minimum atomic E-state index is -3.73. The van der Waals surface area contributed by atoms with Gasteiger partial charge in [0.05, 0.1) is 9.79 Å². The quantitative estimate of drug-likeness (QED) is 0.651. The number of nitrogens with zero attached hydrogens (tertiary/aromatic N) is 1. The van der Waals surface area contributed by atoms with Crippen LogP contribution >= 0.6 is 0 Å². The molecular weight excluding hydrogens is 406 g/mol. The van der Waals surface area contributed by atoms with Gasteiger partial charge in [0.25, 0.3) is 0 Å². The molecule has 9 heteroatoms. The molecule has 1 aliphatic rings. The van der Waals surface area contributed by atoms with Crippen LogP contribution in [-0.4, -0.2) is 32.6 Å². The topological polar surface area (TPSA) is 107 Å². The monoisotopic (exact) mass is 425 g/mol. The minimum absolute atomic E-state index is 0.112. The summed E-state index contributed by atoms with van der Waals surface area (Å²) in [7, 11) is -3.73. The summed E-state index contributed by atoms with van der Waals surface area (Å²) in [6.45, 7) is 1.14. The average Bonchev–Trinajstić information content (AvgIpc) is 2.78. The number of urea groups is 1. The standard InChI is InChI=1S/C21H19N3O5S/c25-21(23-14-15-2-1-9-22-13-15)24-16-3-5-17(6-4-16)30(26,27)18-7-8-19-20(12-18)29-11-10-28-19/h1-9,12-13H,10-11,14H2,(H2,23,24,25). The Labute approximate surface area is 173 Å². The highest BCUT2D eigenvalue weighted by Crippen LogP contribution is 2.34. The molecule has 0 atom stereocenters. The summed E-state index contributed by atoms with van der Waals surface area (Å²) in [5.74, 6) is 0.933. The van der Waals surface area contributed by atoms with Gasteiger partial charge in [-0.2, -0.15) is 0 Å². The smallest absolute Gasteiger partial charge is 0.319 e. The van der Waals surface area contributed by atoms with E-state index >= 15 is 0 Å². The number of hydrogen-bond acceptors (Lipinski definition) is 6. The van der Waals surface area contributed by atoms with E-state index in [1.165, 1.54) is 36.4 Å². The molecule has 0 saturated carbocycles. The van der Waals surface area contributed by atoms with Crippen molar-refractivity contribution in [1.29, 1.82) is 0 Å². The van der Waals surface area contributed by atoms with Crippen LogP contribution < -0.4 is 20.1 Å². The number of sulfone groups is 1. The fourth-order valence-electron chi connectivity index (χ4n) is 2.90. The normalized spacial score (nSPS) is 12.8. The number of benzene rings is 2. The summed E-state index contributed by atoms with van der Waals surface area (Å²) in [5.41, 5.74) is 1.34. The number of aromatic nitrogens is 1. The van der Waals surface area contributed by atoms with Gasteiger partial charge >= 0.3 is 6.03 Å². The van der Waals surface area contributed by atoms with Crippen molar-refractivity contribution in [3.63, 3.8) is 0 Å². The van der Waals surface area contributed by atoms with Gasteiger partial charge in [-0.15, -0.1) is 0 Å². The van der Waals surface area contributed by atoms with Crippen LogP contribution in [0.2, 0.25) is 0 Å². The SMILES string of the molecule is O=C(NCc1cccnc1)Nc1ccc(S(=O)(=O)c2ccc3c(c2)OCCO3)cc1. The Morgan fingerprint density at radius 3 is 2.43 bits per heavy atom. The molecule has 0 saturated heterocycles. The van der Waals surface area contributed by atoms with Crippen LogP contribution in [0.25, 0.3) is 0 Å². The van der Waals surface area contributed by atoms with E-state index in [0.29, 0.717) is 36.9 Å². The lowest BCUT2D eigenvalue weighted by Gasteiger charge is -2.18. The maximum absolute atomic E-state index is 12.9. The highest BCUT2D eigenvalue weighted by atomic mass is 32.2. The number of ether oxygens (including phenoxy) is 2. The molecule has 0 spiro atoms. The molecule has 30 heavy (non-hydrogen) atoms. The number of rotatable bonds is 5. The van der Waals surface area contributed by atoms with Gasteiger partial charge in [0.1, 0.15) is 13.2 Å². The van der Waals surface area contributed by atoms with Crippen molar-refractivity contribution in [2.24, 2.45) is 0 Å². The molecule has 3 aromatic rings. The van der Waals surface area contributed by atoms with Crippen LogP contribution in [0.3, 0.4) is 0 Å². The van der Waals surface area contributed by atoms with Gasteiger partial charge in [-0.1, -0.05) is 6.07 Å². The van der Waals surface area contributed by atoms with E-state index in [1.807, 2.05) is 6.07 Å². The molecule has 4 rings (SSSR count). The van der Waals surface area contributed by atoms with Gasteiger partial charge in [-0.3, -0.25) is 4.98 Å². The van der Waals surface area contributed by atoms with Crippen LogP contribution in [0.4, 0.5) is 10.5 Å². The maximum atomic E-state index is 12.9. The Kier molecular flexibility index (Phi) is 5.53. The van der Waals surface area contributed by atoms with Crippen LogP contribution in [0.5, 0.6) is 11.5 Å². The van der Waals surface area contributed by atoms with Crippen LogP contribution in [-0.2, 0) is 16.4 Å². The zero-order valence-corrected chi connectivity index (χ0v) is 16.7. The first-order valence-electron chi connectivity index (χ1n) is 9.21. The number of anilines is 1. The van der Waals surface area contributed by atoms with Crippen molar-refractivity contribution in [1.82, 2.24) is 10.3 Å². The van der Waals surface area contributed by atoms with Gasteiger partial charge in [-0.05, 0) is 48.0 Å². The fraction of sp³-hybridized carbons (Fsp3) is 0.143. The lowest BCUT2D eigenvalue weighted by molar-refractivity contribution is 0.171. The summed E-state index contributed by atoms with van der Waals surface area (Å²) in [5, 5.41) is 5.38. The first-order chi connectivity index (χ1) is 14.5. The van der Waals surface area contributed by atoms with E-state index in [1.54, 1.807) is 24.5 Å². The number of carbonyl (C=O) groups excluding carboxylic acids is 1. The number of hydrogen-bond donors (Lipinski definition) is 2. The fourth-order valence-corrected chi connectivity index (χ4v) is 4.18. The molecule has 1 aromatic heterocycles. The first kappa shape index (κ1) is 19.7. The summed E-state index contributed by atoms with van der Waals surface area (Å²) in [6.07, 6.45) is 3.32. The predicted octanol–water partition coefficient (Wildman–Crippen LogP) is 3.01. The van der Waals surface area contributed by atoms with Crippen molar-refractivity contribution in [2.75, 3.05) is 18.5 Å².